The number of guanidine groups is 1. The number of benzene rings is 3. The normalized spacial score (nSPS) is 13.5. The van der Waals surface area contributed by atoms with Crippen LogP contribution in [0.15, 0.2) is 78.9 Å². The van der Waals surface area contributed by atoms with Crippen molar-refractivity contribution in [3.63, 3.8) is 0 Å². The van der Waals surface area contributed by atoms with Gasteiger partial charge in [-0.3, -0.25) is 5.41 Å². The minimum Gasteiger partial charge on any atom is -0.399 e. The largest absolute Gasteiger partial charge is 0.399 e. The second kappa shape index (κ2) is 10.9. The Morgan fingerprint density at radius 1 is 0.941 bits per heavy atom. The molecule has 176 valence electrons. The van der Waals surface area contributed by atoms with Crippen molar-refractivity contribution in [2.75, 3.05) is 12.3 Å². The van der Waals surface area contributed by atoms with Gasteiger partial charge in [-0.05, 0) is 37.1 Å². The first kappa shape index (κ1) is 24.9. The van der Waals surface area contributed by atoms with Crippen molar-refractivity contribution in [3.8, 4) is 0 Å². The summed E-state index contributed by atoms with van der Waals surface area (Å²) in [6, 6.07) is 21.0. The zero-order valence-electron chi connectivity index (χ0n) is 18.6. The van der Waals surface area contributed by atoms with E-state index in [1.165, 1.54) is 0 Å². The van der Waals surface area contributed by atoms with Gasteiger partial charge in [0.1, 0.15) is 6.04 Å². The van der Waals surface area contributed by atoms with Crippen LogP contribution in [0, 0.1) is 5.41 Å². The van der Waals surface area contributed by atoms with Crippen LogP contribution in [0.5, 0.6) is 0 Å². The molecule has 8 N–H and O–H groups in total. The van der Waals surface area contributed by atoms with E-state index in [4.69, 9.17) is 34.2 Å². The van der Waals surface area contributed by atoms with Crippen LogP contribution in [0.3, 0.4) is 0 Å². The second-order valence-electron chi connectivity index (χ2n) is 7.81. The fourth-order valence-corrected chi connectivity index (χ4v) is 4.04. The van der Waals surface area contributed by atoms with E-state index >= 15 is 0 Å². The maximum Gasteiger partial charge on any atom is 0.365 e. The summed E-state index contributed by atoms with van der Waals surface area (Å²) in [7, 11) is 0. The zero-order valence-corrected chi connectivity index (χ0v) is 19.3. The number of anilines is 1. The molecule has 2 amide bonds. The molecule has 3 aromatic carbocycles. The molecule has 34 heavy (non-hydrogen) atoms. The van der Waals surface area contributed by atoms with E-state index in [0.29, 0.717) is 30.0 Å². The summed E-state index contributed by atoms with van der Waals surface area (Å²) in [5.74, 6) is -1.20. The van der Waals surface area contributed by atoms with E-state index in [-0.39, 0.29) is 23.0 Å². The highest BCUT2D eigenvalue weighted by molar-refractivity contribution is 6.35. The molecule has 0 heterocycles. The Balaban J connectivity index is 2.18. The maximum atomic E-state index is 14.3. The lowest BCUT2D eigenvalue weighted by atomic mass is 10.0. The predicted molar refractivity (Wildman–Crippen MR) is 137 cm³/mol. The first-order chi connectivity index (χ1) is 16.3. The van der Waals surface area contributed by atoms with E-state index in [9.17, 15) is 9.59 Å². The first-order valence-corrected chi connectivity index (χ1v) is 11.1. The Labute approximate surface area is 203 Å². The number of imide groups is 1. The minimum absolute atomic E-state index is 0.162. The number of para-hydroxylation sites is 1. The summed E-state index contributed by atoms with van der Waals surface area (Å²) in [6.07, 6.45) is 0.750. The minimum atomic E-state index is -0.988. The topological polar surface area (TPSA) is 148 Å². The molecule has 0 fully saturated rings. The van der Waals surface area contributed by atoms with Gasteiger partial charge in [0.15, 0.2) is 17.3 Å². The number of nitrogen functional groups attached to an aromatic ring is 1. The molecule has 9 heteroatoms. The van der Waals surface area contributed by atoms with Crippen molar-refractivity contribution in [2.45, 2.75) is 18.9 Å². The monoisotopic (exact) mass is 479 g/mol. The van der Waals surface area contributed by atoms with Gasteiger partial charge in [-0.25, -0.2) is 9.59 Å². The molecule has 0 saturated carbocycles. The molecule has 0 aliphatic carbocycles. The number of rotatable bonds is 8. The second-order valence-corrected chi connectivity index (χ2v) is 8.22. The van der Waals surface area contributed by atoms with Crippen LogP contribution >= 0.6 is 11.6 Å². The molecule has 2 unspecified atom stereocenters. The van der Waals surface area contributed by atoms with Crippen molar-refractivity contribution >= 4 is 46.4 Å². The number of quaternary nitrogens is 1. The first-order valence-electron chi connectivity index (χ1n) is 10.8. The number of amides is 2. The Morgan fingerprint density at radius 3 is 2.15 bits per heavy atom. The Hall–Kier alpha value is -3.72. The lowest BCUT2D eigenvalue weighted by Crippen LogP contribution is -2.60. The molecule has 3 aromatic rings. The smallest absolute Gasteiger partial charge is 0.365 e. The molecule has 0 spiro atoms. The van der Waals surface area contributed by atoms with Gasteiger partial charge >= 0.3 is 11.8 Å². The maximum absolute atomic E-state index is 14.3. The summed E-state index contributed by atoms with van der Waals surface area (Å²) in [5.41, 5.74) is 19.1. The van der Waals surface area contributed by atoms with Gasteiger partial charge in [0, 0.05) is 36.5 Å². The standard InChI is InChI=1S/C25H28ClN6O2/c26-21-10-5-4-9-20(21)23(33)32(18-7-2-1-3-8-18,19-14-12-17(27)13-15-19)24(34)22(28)11-6-16-31-25(29)30/h1-5,7-10,12-15,22H,6,11,16,27-28H2,(H4,29,30,31)/q+1. The molecule has 0 aliphatic heterocycles. The van der Waals surface area contributed by atoms with Gasteiger partial charge in [0.05, 0.1) is 10.6 Å². The molecular weight excluding hydrogens is 452 g/mol. The van der Waals surface area contributed by atoms with E-state index in [0.717, 1.165) is 0 Å². The highest BCUT2D eigenvalue weighted by Gasteiger charge is 2.52. The number of halogens is 1. The van der Waals surface area contributed by atoms with Gasteiger partial charge in [0.25, 0.3) is 0 Å². The molecule has 0 radical (unpaired) electrons. The average molecular weight is 480 g/mol. The SMILES string of the molecule is N=C(N)NCCCC(N)C(=O)[N+](C(=O)c1ccccc1Cl)(c1ccccc1)c1ccc(N)cc1. The summed E-state index contributed by atoms with van der Waals surface area (Å²) in [5, 5.41) is 10.2. The van der Waals surface area contributed by atoms with Crippen molar-refractivity contribution in [1.29, 1.82) is 5.41 Å². The van der Waals surface area contributed by atoms with Crippen molar-refractivity contribution < 1.29 is 9.59 Å². The number of carbonyl (C=O) groups excluding carboxylic acids is 2. The number of hydrogen-bond acceptors (Lipinski definition) is 5. The number of carbonyl (C=O) groups is 2. The molecule has 0 saturated heterocycles. The molecule has 0 aromatic heterocycles. The number of hydrogen-bond donors (Lipinski definition) is 5. The molecule has 8 nitrogen and oxygen atoms in total. The van der Waals surface area contributed by atoms with E-state index in [1.807, 2.05) is 0 Å². The highest BCUT2D eigenvalue weighted by Crippen LogP contribution is 2.39. The van der Waals surface area contributed by atoms with Crippen LogP contribution in [-0.4, -0.2) is 30.4 Å². The Morgan fingerprint density at radius 2 is 1.53 bits per heavy atom. The van der Waals surface area contributed by atoms with Crippen LogP contribution < -0.4 is 27.0 Å². The highest BCUT2D eigenvalue weighted by atomic mass is 35.5. The van der Waals surface area contributed by atoms with Crippen LogP contribution in [0.25, 0.3) is 0 Å². The third kappa shape index (κ3) is 5.09. The molecular formula is C25H28ClN6O2+. The van der Waals surface area contributed by atoms with Crippen LogP contribution in [0.2, 0.25) is 5.02 Å². The summed E-state index contributed by atoms with van der Waals surface area (Å²) < 4.78 is -0.786. The molecule has 0 aliphatic rings. The van der Waals surface area contributed by atoms with E-state index in [1.54, 1.807) is 78.9 Å². The Bertz CT molecular complexity index is 1170. The van der Waals surface area contributed by atoms with Gasteiger partial charge in [-0.1, -0.05) is 41.9 Å². The molecule has 3 rings (SSSR count). The summed E-state index contributed by atoms with van der Waals surface area (Å²) in [6.45, 7) is 0.377. The van der Waals surface area contributed by atoms with E-state index < -0.39 is 22.3 Å². The lowest BCUT2D eigenvalue weighted by Gasteiger charge is -2.34. The average Bonchev–Trinajstić information content (AvgIpc) is 2.84. The van der Waals surface area contributed by atoms with Crippen LogP contribution in [0.4, 0.5) is 17.1 Å². The van der Waals surface area contributed by atoms with Gasteiger partial charge < -0.3 is 22.5 Å². The summed E-state index contributed by atoms with van der Waals surface area (Å²) in [4.78, 5) is 28.4. The van der Waals surface area contributed by atoms with E-state index in [2.05, 4.69) is 5.32 Å². The number of nitrogens with zero attached hydrogens (tertiary/aromatic N) is 1. The third-order valence-corrected chi connectivity index (χ3v) is 5.82. The van der Waals surface area contributed by atoms with Crippen LogP contribution in [-0.2, 0) is 4.79 Å². The van der Waals surface area contributed by atoms with Gasteiger partial charge in [-0.15, -0.1) is 4.48 Å². The molecule has 2 atom stereocenters. The van der Waals surface area contributed by atoms with Gasteiger partial charge in [-0.2, -0.15) is 0 Å². The van der Waals surface area contributed by atoms with Gasteiger partial charge in [0.2, 0.25) is 0 Å². The fraction of sp³-hybridized carbons (Fsp3) is 0.160. The quantitative estimate of drug-likeness (QED) is 0.110. The number of nitrogens with two attached hydrogens (primary N) is 3. The predicted octanol–water partition coefficient (Wildman–Crippen LogP) is 3.52. The van der Waals surface area contributed by atoms with Crippen molar-refractivity contribution in [1.82, 2.24) is 9.80 Å². The summed E-state index contributed by atoms with van der Waals surface area (Å²) >= 11 is 6.41. The van der Waals surface area contributed by atoms with Crippen molar-refractivity contribution in [2.24, 2.45) is 11.5 Å². The number of nitrogens with one attached hydrogen (secondary N) is 2. The fourth-order valence-electron chi connectivity index (χ4n) is 3.82. The lowest BCUT2D eigenvalue weighted by molar-refractivity contribution is -0.127. The van der Waals surface area contributed by atoms with Crippen LogP contribution in [0.1, 0.15) is 23.2 Å². The molecule has 0 bridgehead atoms. The third-order valence-electron chi connectivity index (χ3n) is 5.49. The Kier molecular flexibility index (Phi) is 8.01. The van der Waals surface area contributed by atoms with Crippen molar-refractivity contribution in [3.05, 3.63) is 89.4 Å². The zero-order chi connectivity index (χ0) is 24.7.